The molecule has 4 heterocycles. The van der Waals surface area contributed by atoms with E-state index in [9.17, 15) is 51.1 Å². The fourth-order valence-corrected chi connectivity index (χ4v) is 7.91. The van der Waals surface area contributed by atoms with Crippen molar-refractivity contribution in [2.24, 2.45) is 0 Å². The van der Waals surface area contributed by atoms with E-state index in [0.717, 1.165) is 6.26 Å². The second-order valence-corrected chi connectivity index (χ2v) is 20.4. The zero-order valence-electron chi connectivity index (χ0n) is 40.6. The lowest BCUT2D eigenvalue weighted by molar-refractivity contribution is 0.0192. The van der Waals surface area contributed by atoms with Crippen LogP contribution in [0.5, 0.6) is 11.5 Å². The third-order valence-corrected chi connectivity index (χ3v) is 11.3. The highest BCUT2D eigenvalue weighted by Crippen LogP contribution is 2.32. The van der Waals surface area contributed by atoms with Crippen LogP contribution in [0.3, 0.4) is 0 Å². The molecule has 2 unspecified atom stereocenters. The lowest BCUT2D eigenvalue weighted by Gasteiger charge is -2.30. The lowest BCUT2D eigenvalue weighted by Crippen LogP contribution is -2.40. The number of carbonyl (C=O) groups excluding carboxylic acids is 4. The molecule has 2 aromatic carbocycles. The van der Waals surface area contributed by atoms with E-state index >= 15 is 0 Å². The van der Waals surface area contributed by atoms with Gasteiger partial charge in [0.25, 0.3) is 22.9 Å². The molecule has 0 saturated heterocycles. The summed E-state index contributed by atoms with van der Waals surface area (Å²) in [7, 11) is -1.12. The molecule has 2 atom stereocenters. The van der Waals surface area contributed by atoms with Crippen molar-refractivity contribution >= 4 is 34.1 Å². The molecule has 0 saturated carbocycles. The van der Waals surface area contributed by atoms with Crippen LogP contribution < -0.4 is 25.9 Å². The highest BCUT2D eigenvalue weighted by Gasteiger charge is 2.36. The molecule has 0 bridgehead atoms. The quantitative estimate of drug-likeness (QED) is 0.158. The zero-order valence-corrected chi connectivity index (χ0v) is 41.4. The molecule has 6 rings (SSSR count). The third kappa shape index (κ3) is 14.3. The van der Waals surface area contributed by atoms with Crippen LogP contribution in [0, 0.1) is 11.6 Å². The van der Waals surface area contributed by atoms with Gasteiger partial charge in [0.1, 0.15) is 34.5 Å². The van der Waals surface area contributed by atoms with Crippen molar-refractivity contribution in [1.82, 2.24) is 39.5 Å². The Hall–Kier alpha value is -6.91. The highest BCUT2D eigenvalue weighted by atomic mass is 32.2. The number of aromatic hydroxyl groups is 1. The molecule has 0 spiro atoms. The number of nitrogens with one attached hydrogen (secondary N) is 2. The van der Waals surface area contributed by atoms with Crippen LogP contribution >= 0.6 is 0 Å². The van der Waals surface area contributed by atoms with Gasteiger partial charge in [0.2, 0.25) is 11.5 Å². The number of benzene rings is 2. The number of ether oxygens (including phenoxy) is 2. The summed E-state index contributed by atoms with van der Waals surface area (Å²) in [5, 5.41) is 15.6. The summed E-state index contributed by atoms with van der Waals surface area (Å²) >= 11 is 0. The fraction of sp³-hybridized carbons (Fsp3) is 0.489. The van der Waals surface area contributed by atoms with Crippen LogP contribution in [0.15, 0.2) is 58.1 Å². The van der Waals surface area contributed by atoms with Crippen LogP contribution in [0.4, 0.5) is 18.4 Å². The van der Waals surface area contributed by atoms with E-state index in [1.807, 2.05) is 0 Å². The number of fused-ring (bicyclic) bond motifs is 2. The van der Waals surface area contributed by atoms with Gasteiger partial charge in [-0.1, -0.05) is 24.3 Å². The monoisotopic (exact) mass is 998 g/mol. The molecule has 20 nitrogen and oxygen atoms in total. The Kier molecular flexibility index (Phi) is 17.2. The summed E-state index contributed by atoms with van der Waals surface area (Å²) in [5.74, 6) is -3.62. The van der Waals surface area contributed by atoms with E-state index in [2.05, 4.69) is 20.6 Å². The number of aromatic nitrogens is 4. The molecule has 4 amide bonds. The Bertz CT molecular complexity index is 2810. The Morgan fingerprint density at radius 3 is 1.47 bits per heavy atom. The number of nitrogens with zero attached hydrogens (tertiary/aromatic N) is 6. The normalized spacial score (nSPS) is 15.8. The van der Waals surface area contributed by atoms with Gasteiger partial charge in [0, 0.05) is 40.3 Å². The van der Waals surface area contributed by atoms with Gasteiger partial charge in [-0.05, 0) is 115 Å². The maximum absolute atomic E-state index is 13.4. The van der Waals surface area contributed by atoms with E-state index in [-0.39, 0.29) is 31.3 Å². The first-order valence-electron chi connectivity index (χ1n) is 22.5. The van der Waals surface area contributed by atoms with Crippen molar-refractivity contribution in [3.8, 4) is 11.5 Å². The first-order chi connectivity index (χ1) is 32.6. The van der Waals surface area contributed by atoms with Gasteiger partial charge in [-0.15, -0.1) is 0 Å². The third-order valence-electron chi connectivity index (χ3n) is 10.8. The lowest BCUT2D eigenvalue weighted by atomic mass is 10.1. The van der Waals surface area contributed by atoms with Crippen LogP contribution in [-0.2, 0) is 45.8 Å². The second kappa shape index (κ2) is 22.2. The van der Waals surface area contributed by atoms with Gasteiger partial charge in [-0.3, -0.25) is 28.3 Å². The molecule has 0 fully saturated rings. The van der Waals surface area contributed by atoms with Crippen molar-refractivity contribution in [2.45, 2.75) is 130 Å². The van der Waals surface area contributed by atoms with Crippen molar-refractivity contribution in [3.05, 3.63) is 115 Å². The van der Waals surface area contributed by atoms with E-state index in [4.69, 9.17) is 13.7 Å². The molecule has 2 aromatic heterocycles. The van der Waals surface area contributed by atoms with Crippen LogP contribution in [0.1, 0.15) is 136 Å². The molecule has 380 valence electrons. The van der Waals surface area contributed by atoms with E-state index in [0.29, 0.717) is 56.2 Å². The van der Waals surface area contributed by atoms with Gasteiger partial charge in [0.05, 0.1) is 18.3 Å². The fourth-order valence-electron chi connectivity index (χ4n) is 7.46. The first-order valence-corrected chi connectivity index (χ1v) is 24.3. The van der Waals surface area contributed by atoms with Crippen LogP contribution in [0.25, 0.3) is 0 Å². The van der Waals surface area contributed by atoms with Crippen molar-refractivity contribution in [2.75, 3.05) is 20.4 Å². The van der Waals surface area contributed by atoms with Gasteiger partial charge in [0.15, 0.2) is 11.4 Å². The maximum Gasteiger partial charge on any atom is 0.410 e. The molecule has 0 radical (unpaired) electrons. The second-order valence-electron chi connectivity index (χ2n) is 18.8. The van der Waals surface area contributed by atoms with Gasteiger partial charge in [-0.2, -0.15) is 8.42 Å². The average molecular weight is 999 g/mol. The Morgan fingerprint density at radius 1 is 0.686 bits per heavy atom. The van der Waals surface area contributed by atoms with Crippen molar-refractivity contribution < 1.29 is 55.1 Å². The molecule has 3 N–H and O–H groups in total. The number of halogens is 2. The Balaban J connectivity index is 0.000000262. The zero-order chi connectivity index (χ0) is 51.9. The number of hydrogen-bond donors (Lipinski definition) is 3. The number of carbonyl (C=O) groups is 4. The van der Waals surface area contributed by atoms with E-state index in [1.54, 1.807) is 48.6 Å². The number of rotatable bonds is 10. The molecule has 23 heteroatoms. The smallest absolute Gasteiger partial charge is 0.410 e. The summed E-state index contributed by atoms with van der Waals surface area (Å²) < 4.78 is 68.5. The summed E-state index contributed by atoms with van der Waals surface area (Å²) in [6.07, 6.45) is 3.05. The molecule has 0 aliphatic carbocycles. The van der Waals surface area contributed by atoms with Gasteiger partial charge < -0.3 is 39.2 Å². The summed E-state index contributed by atoms with van der Waals surface area (Å²) in [4.78, 5) is 89.1. The van der Waals surface area contributed by atoms with Gasteiger partial charge in [-0.25, -0.2) is 28.3 Å². The van der Waals surface area contributed by atoms with E-state index in [1.165, 1.54) is 74.5 Å². The SMILES string of the molecule is CN(C(=O)OC(C)(C)C)C1CCCCn2c1nc(C(=O)NCc1ccc(F)cc1)c(O)c2=O.CN(C(=O)OC(C)(C)C)C1CCCCn2c1nc(C(=O)NCc1ccc(F)cc1)c(OS(C)(=O)=O)c2=O. The largest absolute Gasteiger partial charge is 0.501 e. The van der Waals surface area contributed by atoms with Crippen molar-refractivity contribution in [1.29, 1.82) is 0 Å². The predicted molar refractivity (Wildman–Crippen MR) is 250 cm³/mol. The molecule has 70 heavy (non-hydrogen) atoms. The summed E-state index contributed by atoms with van der Waals surface area (Å²) in [6, 6.07) is 9.62. The Morgan fingerprint density at radius 2 is 1.07 bits per heavy atom. The highest BCUT2D eigenvalue weighted by molar-refractivity contribution is 7.86. The molecule has 4 aromatic rings. The van der Waals surface area contributed by atoms with Crippen molar-refractivity contribution in [3.63, 3.8) is 0 Å². The minimum Gasteiger partial charge on any atom is -0.501 e. The van der Waals surface area contributed by atoms with E-state index < -0.39 is 103 Å². The number of amides is 4. The predicted octanol–water partition coefficient (Wildman–Crippen LogP) is 5.85. The van der Waals surface area contributed by atoms with Crippen LogP contribution in [0.2, 0.25) is 0 Å². The molecular formula is C47H60F2N8O12S. The summed E-state index contributed by atoms with van der Waals surface area (Å²) in [5.41, 5.74) is -2.81. The average Bonchev–Trinajstić information content (AvgIpc) is 3.63. The Labute approximate surface area is 404 Å². The minimum absolute atomic E-state index is 0.0429. The van der Waals surface area contributed by atoms with Crippen LogP contribution in [-0.4, -0.2) is 98.0 Å². The standard InChI is InChI=1S/C24H31FN4O7S.C23H29FN4O5/c1-24(2,3)35-23(32)28(4)17-8-6-7-13-29-20(17)27-18(19(22(29)31)36-37(5,33)34)21(30)26-14-15-9-11-16(25)12-10-15;1-23(2,3)33-22(32)27(4)16-7-5-6-12-28-19(16)26-17(18(29)21(28)31)20(30)25-13-14-8-10-15(24)11-9-14/h9-12,17H,6-8,13-14H2,1-5H3,(H,26,30);8-11,16,29H,5-7,12-13H2,1-4H3,(H,25,30). The molecule has 2 aliphatic rings. The summed E-state index contributed by atoms with van der Waals surface area (Å²) in [6.45, 7) is 10.9. The first kappa shape index (κ1) is 54.0. The van der Waals surface area contributed by atoms with Gasteiger partial charge >= 0.3 is 22.3 Å². The minimum atomic E-state index is -4.19. The molecule has 2 aliphatic heterocycles. The number of hydrogen-bond acceptors (Lipinski definition) is 14. The maximum atomic E-state index is 13.4. The topological polar surface area (TPSA) is 251 Å². The molecular weight excluding hydrogens is 939 g/mol.